The van der Waals surface area contributed by atoms with Gasteiger partial charge in [0.05, 0.1) is 30.6 Å². The Morgan fingerprint density at radius 3 is 1.94 bits per heavy atom. The molecular formula is C32H29N5O8S2. The van der Waals surface area contributed by atoms with Crippen LogP contribution in [-0.4, -0.2) is 40.7 Å². The van der Waals surface area contributed by atoms with Crippen LogP contribution in [0.2, 0.25) is 0 Å². The molecule has 5 aromatic rings. The number of nitrogen functional groups attached to an aromatic ring is 1. The lowest BCUT2D eigenvalue weighted by atomic mass is 10.1. The van der Waals surface area contributed by atoms with Crippen molar-refractivity contribution >= 4 is 59.2 Å². The SMILES string of the molecule is COc1cc(N=Nc2c(S(=O)(=O)O)cc3cccc(N)c3c2O)c(OC)cc1N=Nc1ccc(S(=O)(=O)Cc2ccc(C)cc2)cc1. The number of nitrogens with two attached hydrogens (primary N) is 1. The van der Waals surface area contributed by atoms with Gasteiger partial charge in [-0.1, -0.05) is 42.0 Å². The van der Waals surface area contributed by atoms with Gasteiger partial charge in [-0.3, -0.25) is 4.55 Å². The molecule has 0 aliphatic carbocycles. The van der Waals surface area contributed by atoms with E-state index in [4.69, 9.17) is 15.2 Å². The summed E-state index contributed by atoms with van der Waals surface area (Å²) in [7, 11) is -5.68. The summed E-state index contributed by atoms with van der Waals surface area (Å²) in [4.78, 5) is -0.537. The van der Waals surface area contributed by atoms with E-state index in [2.05, 4.69) is 20.5 Å². The molecule has 0 atom stereocenters. The van der Waals surface area contributed by atoms with Crippen molar-refractivity contribution in [3.63, 3.8) is 0 Å². The van der Waals surface area contributed by atoms with E-state index < -0.39 is 36.3 Å². The zero-order valence-electron chi connectivity index (χ0n) is 25.3. The number of benzene rings is 5. The summed E-state index contributed by atoms with van der Waals surface area (Å²) in [6.45, 7) is 1.93. The number of methoxy groups -OCH3 is 2. The summed E-state index contributed by atoms with van der Waals surface area (Å²) in [6, 6.07) is 21.8. The molecule has 5 aromatic carbocycles. The Balaban J connectivity index is 1.44. The lowest BCUT2D eigenvalue weighted by molar-refractivity contribution is 0.405. The molecule has 47 heavy (non-hydrogen) atoms. The molecule has 0 fully saturated rings. The van der Waals surface area contributed by atoms with Gasteiger partial charge in [-0.25, -0.2) is 8.42 Å². The standard InChI is InChI=1S/C32H29N5O8S2/c1-19-7-9-20(10-8-19)18-46(39,40)23-13-11-22(12-14-23)34-35-25-16-28(45-3)26(17-27(25)44-2)36-37-31-29(47(41,42)43)15-21-5-4-6-24(33)30(21)32(31)38/h4-17,38H,18,33H2,1-3H3,(H,41,42,43). The van der Waals surface area contributed by atoms with Gasteiger partial charge in [0, 0.05) is 23.2 Å². The number of nitrogens with zero attached hydrogens (tertiary/aromatic N) is 4. The van der Waals surface area contributed by atoms with Crippen LogP contribution in [0.3, 0.4) is 0 Å². The van der Waals surface area contributed by atoms with Crippen LogP contribution in [0.25, 0.3) is 10.8 Å². The zero-order valence-corrected chi connectivity index (χ0v) is 26.9. The zero-order chi connectivity index (χ0) is 33.9. The molecule has 0 radical (unpaired) electrons. The molecule has 242 valence electrons. The lowest BCUT2D eigenvalue weighted by Crippen LogP contribution is -2.04. The molecule has 0 saturated heterocycles. The van der Waals surface area contributed by atoms with Gasteiger partial charge in [0.1, 0.15) is 33.5 Å². The number of hydrogen-bond acceptors (Lipinski definition) is 12. The highest BCUT2D eigenvalue weighted by Crippen LogP contribution is 2.45. The highest BCUT2D eigenvalue weighted by atomic mass is 32.2. The summed E-state index contributed by atoms with van der Waals surface area (Å²) in [5.41, 5.74) is 7.99. The highest BCUT2D eigenvalue weighted by Gasteiger charge is 2.23. The summed E-state index contributed by atoms with van der Waals surface area (Å²) in [6.07, 6.45) is 0. The molecule has 0 heterocycles. The van der Waals surface area contributed by atoms with Crippen LogP contribution >= 0.6 is 0 Å². The maximum absolute atomic E-state index is 12.9. The Bertz CT molecular complexity index is 2250. The molecule has 0 saturated carbocycles. The van der Waals surface area contributed by atoms with Crippen molar-refractivity contribution < 1.29 is 36.0 Å². The summed E-state index contributed by atoms with van der Waals surface area (Å²) in [5.74, 6) is -0.417. The molecular weight excluding hydrogens is 647 g/mol. The predicted molar refractivity (Wildman–Crippen MR) is 176 cm³/mol. The van der Waals surface area contributed by atoms with Crippen molar-refractivity contribution in [3.05, 3.63) is 96.1 Å². The van der Waals surface area contributed by atoms with Gasteiger partial charge in [0.2, 0.25) is 0 Å². The number of hydrogen-bond donors (Lipinski definition) is 3. The van der Waals surface area contributed by atoms with Crippen molar-refractivity contribution in [2.24, 2.45) is 20.5 Å². The van der Waals surface area contributed by atoms with E-state index in [1.807, 2.05) is 19.1 Å². The maximum atomic E-state index is 12.9. The molecule has 5 rings (SSSR count). The fourth-order valence-electron chi connectivity index (χ4n) is 4.66. The van der Waals surface area contributed by atoms with Gasteiger partial charge in [-0.05, 0) is 54.3 Å². The van der Waals surface area contributed by atoms with Crippen molar-refractivity contribution in [2.45, 2.75) is 22.5 Å². The van der Waals surface area contributed by atoms with Crippen molar-refractivity contribution in [3.8, 4) is 17.2 Å². The van der Waals surface area contributed by atoms with E-state index in [0.717, 1.165) is 11.6 Å². The number of azo groups is 2. The summed E-state index contributed by atoms with van der Waals surface area (Å²) >= 11 is 0. The minimum Gasteiger partial charge on any atom is -0.505 e. The summed E-state index contributed by atoms with van der Waals surface area (Å²) in [5, 5.41) is 27.7. The molecule has 0 bridgehead atoms. The molecule has 0 aromatic heterocycles. The number of ether oxygens (including phenoxy) is 2. The van der Waals surface area contributed by atoms with Crippen LogP contribution in [0.5, 0.6) is 17.2 Å². The van der Waals surface area contributed by atoms with Gasteiger partial charge in [0.15, 0.2) is 15.6 Å². The highest BCUT2D eigenvalue weighted by molar-refractivity contribution is 7.90. The van der Waals surface area contributed by atoms with Crippen LogP contribution in [0, 0.1) is 6.92 Å². The average molecular weight is 676 g/mol. The van der Waals surface area contributed by atoms with E-state index in [9.17, 15) is 26.5 Å². The largest absolute Gasteiger partial charge is 0.505 e. The van der Waals surface area contributed by atoms with Gasteiger partial charge >= 0.3 is 0 Å². The number of aromatic hydroxyl groups is 1. The average Bonchev–Trinajstić information content (AvgIpc) is 3.03. The Kier molecular flexibility index (Phi) is 9.24. The Labute approximate surface area is 270 Å². The fraction of sp³-hybridized carbons (Fsp3) is 0.125. The number of anilines is 1. The number of rotatable bonds is 10. The van der Waals surface area contributed by atoms with Gasteiger partial charge in [-0.15, -0.1) is 15.3 Å². The van der Waals surface area contributed by atoms with Crippen molar-refractivity contribution in [1.82, 2.24) is 0 Å². The lowest BCUT2D eigenvalue weighted by Gasteiger charge is -2.11. The quantitative estimate of drug-likeness (QED) is 0.0760. The first-order valence-corrected chi connectivity index (χ1v) is 16.9. The number of fused-ring (bicyclic) bond motifs is 1. The topological polar surface area (TPSA) is 203 Å². The van der Waals surface area contributed by atoms with Gasteiger partial charge < -0.3 is 20.3 Å². The van der Waals surface area contributed by atoms with E-state index in [-0.39, 0.29) is 50.0 Å². The van der Waals surface area contributed by atoms with E-state index >= 15 is 0 Å². The smallest absolute Gasteiger partial charge is 0.296 e. The van der Waals surface area contributed by atoms with Crippen LogP contribution in [0.15, 0.2) is 115 Å². The Morgan fingerprint density at radius 1 is 0.766 bits per heavy atom. The second-order valence-corrected chi connectivity index (χ2v) is 13.7. The molecule has 0 aliphatic rings. The first kappa shape index (κ1) is 33.0. The van der Waals surface area contributed by atoms with Gasteiger partial charge in [0.25, 0.3) is 10.1 Å². The minimum atomic E-state index is -4.83. The molecule has 4 N–H and O–H groups in total. The number of phenols is 1. The third-order valence-corrected chi connectivity index (χ3v) is 9.64. The molecule has 13 nitrogen and oxygen atoms in total. The van der Waals surface area contributed by atoms with Gasteiger partial charge in [-0.2, -0.15) is 13.5 Å². The number of phenolic OH excluding ortho intramolecular Hbond substituents is 1. The molecule has 15 heteroatoms. The molecule has 0 spiro atoms. The second-order valence-electron chi connectivity index (χ2n) is 10.3. The molecule has 0 amide bonds. The first-order valence-electron chi connectivity index (χ1n) is 13.8. The maximum Gasteiger partial charge on any atom is 0.296 e. The first-order chi connectivity index (χ1) is 22.3. The normalized spacial score (nSPS) is 12.3. The van der Waals surface area contributed by atoms with E-state index in [0.29, 0.717) is 11.3 Å². The predicted octanol–water partition coefficient (Wildman–Crippen LogP) is 7.50. The minimum absolute atomic E-state index is 0.0632. The third kappa shape index (κ3) is 7.22. The number of aryl methyl sites for hydroxylation is 1. The third-order valence-electron chi connectivity index (χ3n) is 7.07. The van der Waals surface area contributed by atoms with E-state index in [1.54, 1.807) is 18.2 Å². The van der Waals surface area contributed by atoms with Crippen molar-refractivity contribution in [2.75, 3.05) is 20.0 Å². The fourth-order valence-corrected chi connectivity index (χ4v) is 6.67. The van der Waals surface area contributed by atoms with Crippen LogP contribution in [0.4, 0.5) is 28.4 Å². The van der Waals surface area contributed by atoms with Crippen LogP contribution in [-0.2, 0) is 25.7 Å². The van der Waals surface area contributed by atoms with E-state index in [1.165, 1.54) is 62.8 Å². The summed E-state index contributed by atoms with van der Waals surface area (Å²) < 4.78 is 70.9. The Morgan fingerprint density at radius 2 is 1.36 bits per heavy atom. The van der Waals surface area contributed by atoms with Crippen LogP contribution in [0.1, 0.15) is 11.1 Å². The second kappa shape index (κ2) is 13.2. The number of sulfone groups is 1. The Hall–Kier alpha value is -5.38. The van der Waals surface area contributed by atoms with Crippen LogP contribution < -0.4 is 15.2 Å². The van der Waals surface area contributed by atoms with Crippen molar-refractivity contribution in [1.29, 1.82) is 0 Å². The molecule has 0 aliphatic heterocycles. The monoisotopic (exact) mass is 675 g/mol. The molecule has 0 unspecified atom stereocenters.